The Bertz CT molecular complexity index is 1100. The molecule has 0 bridgehead atoms. The number of pyridine rings is 1. The number of nitrogens with zero attached hydrogens (tertiary/aromatic N) is 2. The van der Waals surface area contributed by atoms with E-state index in [2.05, 4.69) is 12.6 Å². The van der Waals surface area contributed by atoms with Crippen LogP contribution in [0.15, 0.2) is 73.0 Å². The normalized spacial score (nSPS) is 11.4. The SMILES string of the molecule is C=C(O)COc1ccc(OC(COCC)c2cccc(-c3ccc(C#N)cc3)n2)cc1C. The minimum atomic E-state index is -0.406. The van der Waals surface area contributed by atoms with E-state index in [1.807, 2.05) is 56.3 Å². The molecule has 1 N–H and O–H groups in total. The van der Waals surface area contributed by atoms with Crippen LogP contribution in [-0.2, 0) is 4.74 Å². The van der Waals surface area contributed by atoms with Gasteiger partial charge in [-0.05, 0) is 61.9 Å². The van der Waals surface area contributed by atoms with Gasteiger partial charge >= 0.3 is 0 Å². The highest BCUT2D eigenvalue weighted by Crippen LogP contribution is 2.28. The van der Waals surface area contributed by atoms with Crippen molar-refractivity contribution in [1.29, 1.82) is 5.26 Å². The summed E-state index contributed by atoms with van der Waals surface area (Å²) in [6, 6.07) is 20.7. The van der Waals surface area contributed by atoms with Crippen molar-refractivity contribution in [3.8, 4) is 28.8 Å². The number of aryl methyl sites for hydroxylation is 1. The molecule has 3 aromatic rings. The van der Waals surface area contributed by atoms with Gasteiger partial charge in [-0.3, -0.25) is 0 Å². The maximum atomic E-state index is 9.24. The molecule has 0 fully saturated rings. The number of hydrogen-bond acceptors (Lipinski definition) is 6. The highest BCUT2D eigenvalue weighted by Gasteiger charge is 2.17. The van der Waals surface area contributed by atoms with Crippen LogP contribution in [0.2, 0.25) is 0 Å². The quantitative estimate of drug-likeness (QED) is 0.425. The average molecular weight is 431 g/mol. The maximum absolute atomic E-state index is 9.24. The fourth-order valence-electron chi connectivity index (χ4n) is 3.09. The van der Waals surface area contributed by atoms with Crippen molar-refractivity contribution in [2.75, 3.05) is 19.8 Å². The number of hydrogen-bond donors (Lipinski definition) is 1. The summed E-state index contributed by atoms with van der Waals surface area (Å²) in [6.45, 7) is 8.22. The Morgan fingerprint density at radius 1 is 1.16 bits per heavy atom. The molecular weight excluding hydrogens is 404 g/mol. The van der Waals surface area contributed by atoms with Gasteiger partial charge in [0.05, 0.1) is 29.6 Å². The first-order chi connectivity index (χ1) is 15.5. The van der Waals surface area contributed by atoms with Gasteiger partial charge in [-0.15, -0.1) is 0 Å². The van der Waals surface area contributed by atoms with Crippen LogP contribution in [-0.4, -0.2) is 29.9 Å². The first kappa shape index (κ1) is 22.9. The third-order valence-corrected chi connectivity index (χ3v) is 4.70. The molecule has 0 spiro atoms. The zero-order valence-corrected chi connectivity index (χ0v) is 18.2. The topological polar surface area (TPSA) is 84.6 Å². The molecule has 1 aromatic heterocycles. The van der Waals surface area contributed by atoms with E-state index in [4.69, 9.17) is 24.5 Å². The second-order valence-corrected chi connectivity index (χ2v) is 7.19. The Labute approximate surface area is 188 Å². The van der Waals surface area contributed by atoms with E-state index in [1.54, 1.807) is 18.2 Å². The average Bonchev–Trinajstić information content (AvgIpc) is 2.81. The summed E-state index contributed by atoms with van der Waals surface area (Å²) in [7, 11) is 0. The fourth-order valence-corrected chi connectivity index (χ4v) is 3.09. The molecule has 3 rings (SSSR count). The lowest BCUT2D eigenvalue weighted by molar-refractivity contribution is 0.0540. The van der Waals surface area contributed by atoms with Crippen molar-refractivity contribution in [2.24, 2.45) is 0 Å². The van der Waals surface area contributed by atoms with Crippen molar-refractivity contribution in [1.82, 2.24) is 4.98 Å². The van der Waals surface area contributed by atoms with E-state index in [9.17, 15) is 5.11 Å². The summed E-state index contributed by atoms with van der Waals surface area (Å²) in [5, 5.41) is 18.2. The van der Waals surface area contributed by atoms with E-state index in [1.165, 1.54) is 0 Å². The van der Waals surface area contributed by atoms with Crippen molar-refractivity contribution in [3.63, 3.8) is 0 Å². The van der Waals surface area contributed by atoms with Gasteiger partial charge in [-0.25, -0.2) is 4.98 Å². The molecule has 0 aliphatic heterocycles. The van der Waals surface area contributed by atoms with Crippen molar-refractivity contribution in [2.45, 2.75) is 20.0 Å². The number of rotatable bonds is 10. The third-order valence-electron chi connectivity index (χ3n) is 4.70. The van der Waals surface area contributed by atoms with Crippen molar-refractivity contribution >= 4 is 0 Å². The lowest BCUT2D eigenvalue weighted by Crippen LogP contribution is -2.16. The maximum Gasteiger partial charge on any atom is 0.164 e. The molecule has 1 unspecified atom stereocenters. The second-order valence-electron chi connectivity index (χ2n) is 7.19. The van der Waals surface area contributed by atoms with Gasteiger partial charge in [0.15, 0.2) is 6.10 Å². The number of aliphatic hydroxyl groups is 1. The lowest BCUT2D eigenvalue weighted by Gasteiger charge is -2.20. The predicted octanol–water partition coefficient (Wildman–Crippen LogP) is 5.54. The molecule has 0 amide bonds. The summed E-state index contributed by atoms with van der Waals surface area (Å²) in [5.74, 6) is 1.28. The van der Waals surface area contributed by atoms with Crippen LogP contribution < -0.4 is 9.47 Å². The summed E-state index contributed by atoms with van der Waals surface area (Å²) in [5.41, 5.74) is 3.94. The highest BCUT2D eigenvalue weighted by molar-refractivity contribution is 5.60. The summed E-state index contributed by atoms with van der Waals surface area (Å²) in [6.07, 6.45) is -0.406. The van der Waals surface area contributed by atoms with E-state index in [0.29, 0.717) is 30.3 Å². The second kappa shape index (κ2) is 11.0. The van der Waals surface area contributed by atoms with E-state index < -0.39 is 6.10 Å². The Hall–Kier alpha value is -3.82. The fraction of sp³-hybridized carbons (Fsp3) is 0.231. The van der Waals surface area contributed by atoms with Gasteiger partial charge in [-0.2, -0.15) is 5.26 Å². The molecule has 0 aliphatic rings. The Morgan fingerprint density at radius 2 is 1.94 bits per heavy atom. The van der Waals surface area contributed by atoms with Gasteiger partial charge in [0.25, 0.3) is 0 Å². The molecule has 0 radical (unpaired) electrons. The standard InChI is InChI=1S/C26H26N2O4/c1-4-30-17-26(32-22-12-13-25(18(2)14-22)31-16-19(3)29)24-7-5-6-23(28-24)21-10-8-20(15-27)9-11-21/h5-14,26,29H,3-4,16-17H2,1-2H3. The highest BCUT2D eigenvalue weighted by atomic mass is 16.5. The van der Waals surface area contributed by atoms with Gasteiger partial charge in [0.2, 0.25) is 0 Å². The number of aromatic nitrogens is 1. The lowest BCUT2D eigenvalue weighted by atomic mass is 10.1. The number of nitriles is 1. The van der Waals surface area contributed by atoms with Gasteiger partial charge in [-0.1, -0.05) is 24.8 Å². The Kier molecular flexibility index (Phi) is 7.85. The van der Waals surface area contributed by atoms with Crippen LogP contribution in [0.5, 0.6) is 11.5 Å². The van der Waals surface area contributed by atoms with Gasteiger partial charge < -0.3 is 19.3 Å². The molecule has 1 heterocycles. The van der Waals surface area contributed by atoms with Crippen LogP contribution in [0.3, 0.4) is 0 Å². The predicted molar refractivity (Wildman–Crippen MR) is 123 cm³/mol. The van der Waals surface area contributed by atoms with Crippen molar-refractivity contribution < 1.29 is 19.3 Å². The molecule has 6 nitrogen and oxygen atoms in total. The number of aliphatic hydroxyl groups excluding tert-OH is 1. The molecule has 0 aliphatic carbocycles. The van der Waals surface area contributed by atoms with Crippen LogP contribution in [0, 0.1) is 18.3 Å². The summed E-state index contributed by atoms with van der Waals surface area (Å²) in [4.78, 5) is 4.79. The molecule has 2 aromatic carbocycles. The molecule has 0 saturated carbocycles. The van der Waals surface area contributed by atoms with Crippen molar-refractivity contribution in [3.05, 3.63) is 89.8 Å². The first-order valence-corrected chi connectivity index (χ1v) is 10.3. The zero-order valence-electron chi connectivity index (χ0n) is 18.2. The molecule has 32 heavy (non-hydrogen) atoms. The summed E-state index contributed by atoms with van der Waals surface area (Å²) < 4.78 is 17.4. The van der Waals surface area contributed by atoms with Crippen LogP contribution in [0.1, 0.15) is 29.8 Å². The number of benzene rings is 2. The first-order valence-electron chi connectivity index (χ1n) is 10.3. The van der Waals surface area contributed by atoms with Crippen LogP contribution in [0.4, 0.5) is 0 Å². The van der Waals surface area contributed by atoms with Crippen LogP contribution >= 0.6 is 0 Å². The smallest absolute Gasteiger partial charge is 0.164 e. The molecule has 164 valence electrons. The minimum Gasteiger partial charge on any atom is -0.509 e. The Morgan fingerprint density at radius 3 is 2.59 bits per heavy atom. The minimum absolute atomic E-state index is 0.0327. The van der Waals surface area contributed by atoms with Gasteiger partial charge in [0, 0.05) is 12.2 Å². The Balaban J connectivity index is 1.83. The molecular formula is C26H26N2O4. The third kappa shape index (κ3) is 6.10. The zero-order chi connectivity index (χ0) is 22.9. The van der Waals surface area contributed by atoms with Crippen LogP contribution in [0.25, 0.3) is 11.3 Å². The number of ether oxygens (including phenoxy) is 3. The van der Waals surface area contributed by atoms with E-state index >= 15 is 0 Å². The van der Waals surface area contributed by atoms with E-state index in [0.717, 1.165) is 22.5 Å². The molecule has 1 atom stereocenters. The largest absolute Gasteiger partial charge is 0.509 e. The molecule has 6 heteroatoms. The van der Waals surface area contributed by atoms with Gasteiger partial charge in [0.1, 0.15) is 23.9 Å². The van der Waals surface area contributed by atoms with E-state index in [-0.39, 0.29) is 12.4 Å². The summed E-state index contributed by atoms with van der Waals surface area (Å²) >= 11 is 0. The molecule has 0 saturated heterocycles. The monoisotopic (exact) mass is 430 g/mol.